The van der Waals surface area contributed by atoms with Gasteiger partial charge < -0.3 is 6.15 Å². The minimum atomic E-state index is 0. The Labute approximate surface area is 140 Å². The summed E-state index contributed by atoms with van der Waals surface area (Å²) in [6.45, 7) is 4.59. The summed E-state index contributed by atoms with van der Waals surface area (Å²) in [5, 5.41) is 0. The average molecular weight is 302 g/mol. The first kappa shape index (κ1) is 25.4. The van der Waals surface area contributed by atoms with Gasteiger partial charge in [-0.1, -0.05) is 117 Å². The first-order valence-electron chi connectivity index (χ1n) is 8.91. The molecule has 0 bridgehead atoms. The minimum Gasteiger partial charge on any atom is -0.344 e. The van der Waals surface area contributed by atoms with Gasteiger partial charge in [-0.2, -0.15) is 0 Å². The van der Waals surface area contributed by atoms with E-state index >= 15 is 0 Å². The summed E-state index contributed by atoms with van der Waals surface area (Å²) < 4.78 is 0. The zero-order chi connectivity index (χ0) is 13.3. The average Bonchev–Trinajstić information content (AvgIpc) is 2.39. The summed E-state index contributed by atoms with van der Waals surface area (Å²) in [4.78, 5) is 0. The highest BCUT2D eigenvalue weighted by Gasteiger charge is 1.93. The van der Waals surface area contributed by atoms with E-state index in [9.17, 15) is 0 Å². The molecule has 0 radical (unpaired) electrons. The van der Waals surface area contributed by atoms with Gasteiger partial charge in [0.25, 0.3) is 0 Å². The van der Waals surface area contributed by atoms with Gasteiger partial charge in [-0.05, 0) is 0 Å². The topological polar surface area (TPSA) is 35.0 Å². The maximum absolute atomic E-state index is 2.29. The van der Waals surface area contributed by atoms with Gasteiger partial charge in [0.15, 0.2) is 17.4 Å². The molecule has 3 N–H and O–H groups in total. The highest BCUT2D eigenvalue weighted by Crippen LogP contribution is 2.13. The van der Waals surface area contributed by atoms with Crippen LogP contribution in [-0.4, -0.2) is 17.4 Å². The second-order valence-electron chi connectivity index (χ2n) is 5.95. The van der Waals surface area contributed by atoms with Crippen LogP contribution in [0.3, 0.4) is 0 Å². The fourth-order valence-corrected chi connectivity index (χ4v) is 2.62. The van der Waals surface area contributed by atoms with Crippen LogP contribution >= 0.6 is 0 Å². The first-order valence-corrected chi connectivity index (χ1v) is 8.91. The van der Waals surface area contributed by atoms with E-state index in [4.69, 9.17) is 0 Å². The molecule has 0 aromatic heterocycles. The summed E-state index contributed by atoms with van der Waals surface area (Å²) in [7, 11) is 0. The molecule has 0 rings (SSSR count). The molecule has 124 valence electrons. The van der Waals surface area contributed by atoms with Gasteiger partial charge >= 0.3 is 0 Å². The van der Waals surface area contributed by atoms with Crippen LogP contribution in [0.25, 0.3) is 0 Å². The van der Waals surface area contributed by atoms with Crippen LogP contribution in [0, 0.1) is 0 Å². The molecule has 0 spiro atoms. The van der Waals surface area contributed by atoms with Crippen molar-refractivity contribution in [1.82, 2.24) is 6.15 Å². The minimum absolute atomic E-state index is 0. The summed E-state index contributed by atoms with van der Waals surface area (Å²) in [6, 6.07) is 0. The number of rotatable bonds is 15. The van der Waals surface area contributed by atoms with E-state index in [1.807, 2.05) is 0 Å². The highest BCUT2D eigenvalue weighted by molar-refractivity contribution is 5.75. The van der Waals surface area contributed by atoms with E-state index in [-0.39, 0.29) is 23.5 Å². The van der Waals surface area contributed by atoms with Crippen molar-refractivity contribution < 1.29 is 0 Å². The third-order valence-corrected chi connectivity index (χ3v) is 3.96. The van der Waals surface area contributed by atoms with Gasteiger partial charge in [0.2, 0.25) is 0 Å². The van der Waals surface area contributed by atoms with Crippen molar-refractivity contribution in [1.29, 1.82) is 0 Å². The molecule has 0 atom stereocenters. The van der Waals surface area contributed by atoms with Gasteiger partial charge in [0.1, 0.15) is 0 Å². The normalized spacial score (nSPS) is 9.90. The summed E-state index contributed by atoms with van der Waals surface area (Å²) in [6.07, 6.45) is 23.4. The Hall–Kier alpha value is 0.492. The monoisotopic (exact) mass is 301 g/mol. The second-order valence-corrected chi connectivity index (χ2v) is 5.95. The van der Waals surface area contributed by atoms with Crippen LogP contribution < -0.4 is 6.15 Å². The number of hydrogen-bond acceptors (Lipinski definition) is 1. The third-order valence-electron chi connectivity index (χ3n) is 3.96. The Kier molecular flexibility index (Phi) is 31.2. The molecule has 2 heteroatoms. The Morgan fingerprint density at radius 3 is 0.650 bits per heavy atom. The predicted octanol–water partition coefficient (Wildman–Crippen LogP) is 6.25. The lowest BCUT2D eigenvalue weighted by Crippen LogP contribution is -1.83. The summed E-state index contributed by atoms with van der Waals surface area (Å²) >= 11 is 0. The Morgan fingerprint density at radius 1 is 0.350 bits per heavy atom. The smallest absolute Gasteiger partial charge is 0.187 e. The molecule has 0 fully saturated rings. The lowest BCUT2D eigenvalue weighted by atomic mass is 10.0. The molecule has 0 saturated heterocycles. The van der Waals surface area contributed by atoms with Crippen LogP contribution in [0.5, 0.6) is 0 Å². The Balaban J connectivity index is -0.00000144. The molecule has 0 amide bonds. The summed E-state index contributed by atoms with van der Waals surface area (Å²) in [5.74, 6) is 0. The van der Waals surface area contributed by atoms with Crippen molar-refractivity contribution in [3.63, 3.8) is 0 Å². The van der Waals surface area contributed by atoms with Crippen molar-refractivity contribution >= 4 is 17.4 Å². The van der Waals surface area contributed by atoms with E-state index < -0.39 is 0 Å². The fraction of sp³-hybridized carbons (Fsp3) is 1.00. The van der Waals surface area contributed by atoms with Gasteiger partial charge in [0.05, 0.1) is 0 Å². The van der Waals surface area contributed by atoms with Crippen LogP contribution in [0.2, 0.25) is 0 Å². The SMILES string of the molecule is CCCCCCCCCCCCCCCCCC.N.[AlH3]. The van der Waals surface area contributed by atoms with Gasteiger partial charge in [0, 0.05) is 0 Å². The molecular weight excluding hydrogens is 257 g/mol. The molecule has 0 unspecified atom stereocenters. The maximum atomic E-state index is 2.29. The van der Waals surface area contributed by atoms with E-state index in [0.717, 1.165) is 0 Å². The van der Waals surface area contributed by atoms with Gasteiger partial charge in [-0.3, -0.25) is 0 Å². The van der Waals surface area contributed by atoms with Gasteiger partial charge in [-0.25, -0.2) is 0 Å². The fourth-order valence-electron chi connectivity index (χ4n) is 2.62. The lowest BCUT2D eigenvalue weighted by Gasteiger charge is -2.03. The van der Waals surface area contributed by atoms with E-state index in [1.165, 1.54) is 103 Å². The Bertz CT molecular complexity index is 123. The molecule has 0 aromatic rings. The molecule has 0 heterocycles. The van der Waals surface area contributed by atoms with Crippen molar-refractivity contribution in [2.45, 2.75) is 117 Å². The second kappa shape index (κ2) is 24.5. The Morgan fingerprint density at radius 2 is 0.500 bits per heavy atom. The zero-order valence-corrected chi connectivity index (χ0v) is 14.0. The molecule has 0 aliphatic heterocycles. The largest absolute Gasteiger partial charge is 0.344 e. The van der Waals surface area contributed by atoms with E-state index in [2.05, 4.69) is 13.8 Å². The van der Waals surface area contributed by atoms with Crippen LogP contribution in [0.1, 0.15) is 117 Å². The van der Waals surface area contributed by atoms with Crippen molar-refractivity contribution in [3.05, 3.63) is 0 Å². The number of unbranched alkanes of at least 4 members (excludes halogenated alkanes) is 15. The molecule has 20 heavy (non-hydrogen) atoms. The molecule has 0 aromatic carbocycles. The quantitative estimate of drug-likeness (QED) is 0.282. The van der Waals surface area contributed by atoms with E-state index in [0.29, 0.717) is 0 Å². The van der Waals surface area contributed by atoms with E-state index in [1.54, 1.807) is 0 Å². The van der Waals surface area contributed by atoms with Gasteiger partial charge in [-0.15, -0.1) is 0 Å². The molecule has 0 aliphatic rings. The maximum Gasteiger partial charge on any atom is 0.187 e. The molecular formula is C18H44AlN. The molecule has 1 nitrogen and oxygen atoms in total. The molecule has 0 aliphatic carbocycles. The van der Waals surface area contributed by atoms with Crippen LogP contribution in [0.4, 0.5) is 0 Å². The van der Waals surface area contributed by atoms with Crippen LogP contribution in [-0.2, 0) is 0 Å². The highest BCUT2D eigenvalue weighted by atomic mass is 27.0. The number of hydrogen-bond donors (Lipinski definition) is 1. The summed E-state index contributed by atoms with van der Waals surface area (Å²) in [5.41, 5.74) is 0. The standard InChI is InChI=1S/C18H38.Al.H3N.3H/c1-3-5-7-9-11-13-15-17-18-16-14-12-10-8-6-4-2;;;;;/h3-18H2,1-2H3;;1H3;;;. The molecule has 0 saturated carbocycles. The van der Waals surface area contributed by atoms with Crippen molar-refractivity contribution in [3.8, 4) is 0 Å². The first-order chi connectivity index (χ1) is 8.91. The predicted molar refractivity (Wildman–Crippen MR) is 100 cm³/mol. The van der Waals surface area contributed by atoms with Crippen molar-refractivity contribution in [2.75, 3.05) is 0 Å². The zero-order valence-electron chi connectivity index (χ0n) is 14.0. The lowest BCUT2D eigenvalue weighted by molar-refractivity contribution is 0.531. The van der Waals surface area contributed by atoms with Crippen molar-refractivity contribution in [2.24, 2.45) is 0 Å². The third kappa shape index (κ3) is 23.6. The van der Waals surface area contributed by atoms with Crippen LogP contribution in [0.15, 0.2) is 0 Å².